The Morgan fingerprint density at radius 2 is 1.73 bits per heavy atom. The number of nitrogens with two attached hydrogens (primary N) is 2. The highest BCUT2D eigenvalue weighted by molar-refractivity contribution is 5.86. The molecule has 4 N–H and O–H groups in total. The zero-order valence-electron chi connectivity index (χ0n) is 19.5. The van der Waals surface area contributed by atoms with Gasteiger partial charge < -0.3 is 25.7 Å². The van der Waals surface area contributed by atoms with Crippen molar-refractivity contribution in [2.45, 2.75) is 39.7 Å². The Morgan fingerprint density at radius 3 is 2.39 bits per heavy atom. The number of rotatable bonds is 7. The third-order valence-electron chi connectivity index (χ3n) is 5.35. The standard InChI is InChI=1S/C26H30N4O3/c1-5-31-19-9-7-17(8-10-19)21-14-26(3,4)33-23-20(21)12-16(13-22(23)32-6-2)11-18-15-29-25(28)30-24(18)27/h7-10,12-15H,5-6,11H2,1-4H3,(H4,27,28,29,30). The fourth-order valence-electron chi connectivity index (χ4n) is 3.97. The van der Waals surface area contributed by atoms with Gasteiger partial charge in [0.1, 0.15) is 17.2 Å². The Hall–Kier alpha value is -3.74. The molecule has 0 saturated carbocycles. The van der Waals surface area contributed by atoms with Crippen LogP contribution in [-0.4, -0.2) is 28.8 Å². The summed E-state index contributed by atoms with van der Waals surface area (Å²) in [6.07, 6.45) is 4.35. The molecule has 2 heterocycles. The highest BCUT2D eigenvalue weighted by Crippen LogP contribution is 2.46. The normalized spacial score (nSPS) is 14.1. The first kappa shape index (κ1) is 22.5. The lowest BCUT2D eigenvalue weighted by Gasteiger charge is -2.33. The molecule has 0 amide bonds. The van der Waals surface area contributed by atoms with Gasteiger partial charge in [0, 0.05) is 23.7 Å². The molecule has 0 unspecified atom stereocenters. The molecule has 0 bridgehead atoms. The quantitative estimate of drug-likeness (QED) is 0.545. The minimum atomic E-state index is -0.497. The maximum absolute atomic E-state index is 6.37. The summed E-state index contributed by atoms with van der Waals surface area (Å²) in [6.45, 7) is 9.17. The number of benzene rings is 2. The summed E-state index contributed by atoms with van der Waals surface area (Å²) in [7, 11) is 0. The van der Waals surface area contributed by atoms with E-state index in [1.807, 2.05) is 45.9 Å². The average Bonchev–Trinajstić information content (AvgIpc) is 2.76. The van der Waals surface area contributed by atoms with Crippen LogP contribution in [0.4, 0.5) is 11.8 Å². The van der Waals surface area contributed by atoms with Crippen molar-refractivity contribution in [1.82, 2.24) is 9.97 Å². The third kappa shape index (κ3) is 4.87. The molecule has 0 fully saturated rings. The average molecular weight is 447 g/mol. The molecule has 33 heavy (non-hydrogen) atoms. The van der Waals surface area contributed by atoms with Crippen LogP contribution in [-0.2, 0) is 6.42 Å². The first-order valence-electron chi connectivity index (χ1n) is 11.1. The predicted molar refractivity (Wildman–Crippen MR) is 131 cm³/mol. The van der Waals surface area contributed by atoms with Gasteiger partial charge in [-0.05, 0) is 74.7 Å². The first-order valence-corrected chi connectivity index (χ1v) is 11.1. The Kier molecular flexibility index (Phi) is 6.14. The smallest absolute Gasteiger partial charge is 0.221 e. The molecule has 0 spiro atoms. The highest BCUT2D eigenvalue weighted by Gasteiger charge is 2.30. The van der Waals surface area contributed by atoms with Crippen molar-refractivity contribution in [3.63, 3.8) is 0 Å². The van der Waals surface area contributed by atoms with Crippen LogP contribution in [0.3, 0.4) is 0 Å². The molecular weight excluding hydrogens is 416 g/mol. The SMILES string of the molecule is CCOc1ccc(C2=CC(C)(C)Oc3c(OCC)cc(Cc4cnc(N)nc4N)cc32)cc1. The lowest BCUT2D eigenvalue weighted by molar-refractivity contribution is 0.149. The van der Waals surface area contributed by atoms with E-state index in [0.717, 1.165) is 39.3 Å². The van der Waals surface area contributed by atoms with Crippen LogP contribution in [0.1, 0.15) is 49.9 Å². The van der Waals surface area contributed by atoms with Crippen molar-refractivity contribution >= 4 is 17.3 Å². The lowest BCUT2D eigenvalue weighted by atomic mass is 9.88. The van der Waals surface area contributed by atoms with Crippen molar-refractivity contribution in [1.29, 1.82) is 0 Å². The molecule has 7 nitrogen and oxygen atoms in total. The van der Waals surface area contributed by atoms with Gasteiger partial charge in [0.2, 0.25) is 5.95 Å². The highest BCUT2D eigenvalue weighted by atomic mass is 16.5. The van der Waals surface area contributed by atoms with Gasteiger partial charge in [-0.15, -0.1) is 0 Å². The van der Waals surface area contributed by atoms with Crippen molar-refractivity contribution in [3.05, 3.63) is 70.9 Å². The molecule has 0 radical (unpaired) electrons. The van der Waals surface area contributed by atoms with Crippen LogP contribution in [0.5, 0.6) is 17.2 Å². The third-order valence-corrected chi connectivity index (χ3v) is 5.35. The molecule has 7 heteroatoms. The summed E-state index contributed by atoms with van der Waals surface area (Å²) in [5.74, 6) is 2.81. The summed E-state index contributed by atoms with van der Waals surface area (Å²) < 4.78 is 18.0. The fourth-order valence-corrected chi connectivity index (χ4v) is 3.97. The van der Waals surface area contributed by atoms with Crippen LogP contribution < -0.4 is 25.7 Å². The van der Waals surface area contributed by atoms with Crippen molar-refractivity contribution < 1.29 is 14.2 Å². The van der Waals surface area contributed by atoms with Crippen molar-refractivity contribution in [2.24, 2.45) is 0 Å². The largest absolute Gasteiger partial charge is 0.494 e. The summed E-state index contributed by atoms with van der Waals surface area (Å²) in [6, 6.07) is 12.2. The van der Waals surface area contributed by atoms with E-state index in [9.17, 15) is 0 Å². The minimum absolute atomic E-state index is 0.160. The summed E-state index contributed by atoms with van der Waals surface area (Å²) >= 11 is 0. The Labute approximate surface area is 194 Å². The van der Waals surface area contributed by atoms with E-state index >= 15 is 0 Å². The van der Waals surface area contributed by atoms with Crippen molar-refractivity contribution in [3.8, 4) is 17.2 Å². The second-order valence-electron chi connectivity index (χ2n) is 8.44. The van der Waals surface area contributed by atoms with E-state index in [2.05, 4.69) is 34.2 Å². The van der Waals surface area contributed by atoms with E-state index in [1.165, 1.54) is 0 Å². The Morgan fingerprint density at radius 1 is 1.00 bits per heavy atom. The number of hydrogen-bond donors (Lipinski definition) is 2. The number of nitrogens with zero attached hydrogens (tertiary/aromatic N) is 2. The zero-order valence-corrected chi connectivity index (χ0v) is 19.5. The van der Waals surface area contributed by atoms with Crippen LogP contribution in [0.2, 0.25) is 0 Å². The number of aromatic nitrogens is 2. The predicted octanol–water partition coefficient (Wildman–Crippen LogP) is 4.63. The molecule has 1 aliphatic rings. The number of ether oxygens (including phenoxy) is 3. The van der Waals surface area contributed by atoms with Gasteiger partial charge >= 0.3 is 0 Å². The Balaban J connectivity index is 1.82. The van der Waals surface area contributed by atoms with Gasteiger partial charge in [0.05, 0.1) is 13.2 Å². The number of hydrogen-bond acceptors (Lipinski definition) is 7. The number of fused-ring (bicyclic) bond motifs is 1. The molecule has 3 aromatic rings. The lowest BCUT2D eigenvalue weighted by Crippen LogP contribution is -2.29. The van der Waals surface area contributed by atoms with Gasteiger partial charge in [-0.2, -0.15) is 4.98 Å². The molecule has 2 aromatic carbocycles. The number of anilines is 2. The van der Waals surface area contributed by atoms with Gasteiger partial charge in [-0.1, -0.05) is 12.1 Å². The second kappa shape index (κ2) is 9.02. The monoisotopic (exact) mass is 446 g/mol. The van der Waals surface area contributed by atoms with Crippen LogP contribution in [0.25, 0.3) is 5.57 Å². The van der Waals surface area contributed by atoms with E-state index < -0.39 is 5.60 Å². The van der Waals surface area contributed by atoms with Crippen LogP contribution >= 0.6 is 0 Å². The van der Waals surface area contributed by atoms with Gasteiger partial charge in [0.25, 0.3) is 0 Å². The maximum Gasteiger partial charge on any atom is 0.221 e. The molecule has 1 aliphatic heterocycles. The molecular formula is C26H30N4O3. The van der Waals surface area contributed by atoms with E-state index in [0.29, 0.717) is 31.2 Å². The van der Waals surface area contributed by atoms with Gasteiger partial charge in [-0.3, -0.25) is 0 Å². The van der Waals surface area contributed by atoms with E-state index in [-0.39, 0.29) is 5.95 Å². The molecule has 0 atom stereocenters. The number of nitrogen functional groups attached to an aromatic ring is 2. The molecule has 172 valence electrons. The van der Waals surface area contributed by atoms with E-state index in [1.54, 1.807) is 6.20 Å². The van der Waals surface area contributed by atoms with Crippen LogP contribution in [0.15, 0.2) is 48.7 Å². The summed E-state index contributed by atoms with van der Waals surface area (Å²) in [5.41, 5.74) is 16.2. The van der Waals surface area contributed by atoms with Crippen molar-refractivity contribution in [2.75, 3.05) is 24.7 Å². The zero-order chi connectivity index (χ0) is 23.6. The topological polar surface area (TPSA) is 106 Å². The Bertz CT molecular complexity index is 1190. The second-order valence-corrected chi connectivity index (χ2v) is 8.44. The first-order chi connectivity index (χ1) is 15.8. The summed E-state index contributed by atoms with van der Waals surface area (Å²) in [5, 5.41) is 0. The van der Waals surface area contributed by atoms with Gasteiger partial charge in [-0.25, -0.2) is 4.98 Å². The molecule has 0 aliphatic carbocycles. The van der Waals surface area contributed by atoms with E-state index in [4.69, 9.17) is 25.7 Å². The molecule has 0 saturated heterocycles. The van der Waals surface area contributed by atoms with Gasteiger partial charge in [0.15, 0.2) is 11.5 Å². The minimum Gasteiger partial charge on any atom is -0.494 e. The summed E-state index contributed by atoms with van der Waals surface area (Å²) in [4.78, 5) is 8.18. The maximum atomic E-state index is 6.37. The molecule has 4 rings (SSSR count). The molecule has 1 aromatic heterocycles. The van der Waals surface area contributed by atoms with Crippen LogP contribution in [0, 0.1) is 0 Å². The fraction of sp³-hybridized carbons (Fsp3) is 0.308.